The van der Waals surface area contributed by atoms with Crippen molar-refractivity contribution in [2.75, 3.05) is 6.54 Å². The van der Waals surface area contributed by atoms with Crippen LogP contribution in [0.1, 0.15) is 17.0 Å². The Morgan fingerprint density at radius 2 is 1.95 bits per heavy atom. The Balaban J connectivity index is 1.88. The quantitative estimate of drug-likeness (QED) is 0.828. The first-order valence-corrected chi connectivity index (χ1v) is 6.46. The summed E-state index contributed by atoms with van der Waals surface area (Å²) in [6.45, 7) is 5.98. The predicted octanol–water partition coefficient (Wildman–Crippen LogP) is 1.65. The zero-order chi connectivity index (χ0) is 13.7. The van der Waals surface area contributed by atoms with Crippen LogP contribution in [-0.4, -0.2) is 16.1 Å². The van der Waals surface area contributed by atoms with E-state index in [1.807, 2.05) is 38.1 Å². The molecule has 2 aromatic rings. The van der Waals surface area contributed by atoms with Gasteiger partial charge in [0.1, 0.15) is 0 Å². The highest BCUT2D eigenvalue weighted by Gasteiger charge is 2.02. The zero-order valence-corrected chi connectivity index (χ0v) is 11.4. The number of nitrogens with zero attached hydrogens (tertiary/aromatic N) is 2. The molecule has 4 nitrogen and oxygen atoms in total. The van der Waals surface area contributed by atoms with Gasteiger partial charge in [-0.25, -0.2) is 4.79 Å². The van der Waals surface area contributed by atoms with Gasteiger partial charge in [0.25, 0.3) is 0 Å². The first-order chi connectivity index (χ1) is 9.16. The van der Waals surface area contributed by atoms with Crippen LogP contribution >= 0.6 is 0 Å². The van der Waals surface area contributed by atoms with Crippen LogP contribution in [0.15, 0.2) is 41.2 Å². The number of hydrogen-bond acceptors (Lipinski definition) is 3. The van der Waals surface area contributed by atoms with Gasteiger partial charge in [0, 0.05) is 31.0 Å². The Hall–Kier alpha value is -1.94. The Labute approximate surface area is 113 Å². The first kappa shape index (κ1) is 13.5. The van der Waals surface area contributed by atoms with E-state index in [1.165, 1.54) is 5.56 Å². The highest BCUT2D eigenvalue weighted by molar-refractivity contribution is 5.14. The molecule has 0 spiro atoms. The van der Waals surface area contributed by atoms with Crippen LogP contribution < -0.4 is 11.0 Å². The summed E-state index contributed by atoms with van der Waals surface area (Å²) in [5, 5.41) is 3.33. The summed E-state index contributed by atoms with van der Waals surface area (Å²) in [6.07, 6.45) is 0. The van der Waals surface area contributed by atoms with E-state index in [4.69, 9.17) is 0 Å². The van der Waals surface area contributed by atoms with E-state index in [0.717, 1.165) is 24.5 Å². The molecular weight excluding hydrogens is 238 g/mol. The largest absolute Gasteiger partial charge is 0.347 e. The van der Waals surface area contributed by atoms with E-state index in [0.29, 0.717) is 6.54 Å². The number of hydrogen-bond donors (Lipinski definition) is 1. The average Bonchev–Trinajstić information content (AvgIpc) is 2.38. The lowest BCUT2D eigenvalue weighted by atomic mass is 10.2. The van der Waals surface area contributed by atoms with Crippen LogP contribution in [0.25, 0.3) is 0 Å². The molecule has 0 amide bonds. The van der Waals surface area contributed by atoms with Crippen LogP contribution in [0.2, 0.25) is 0 Å². The van der Waals surface area contributed by atoms with Gasteiger partial charge in [0.2, 0.25) is 0 Å². The lowest BCUT2D eigenvalue weighted by molar-refractivity contribution is 0.563. The fourth-order valence-electron chi connectivity index (χ4n) is 2.07. The van der Waals surface area contributed by atoms with E-state index in [2.05, 4.69) is 22.4 Å². The molecule has 0 unspecified atom stereocenters. The molecular formula is C15H19N3O. The number of aryl methyl sites for hydroxylation is 2. The van der Waals surface area contributed by atoms with Crippen molar-refractivity contribution in [3.63, 3.8) is 0 Å². The molecule has 1 N–H and O–H groups in total. The third-order valence-corrected chi connectivity index (χ3v) is 3.03. The third kappa shape index (κ3) is 3.76. The maximum absolute atomic E-state index is 11.7. The van der Waals surface area contributed by atoms with Crippen molar-refractivity contribution in [1.82, 2.24) is 14.9 Å². The highest BCUT2D eigenvalue weighted by Crippen LogP contribution is 1.98. The summed E-state index contributed by atoms with van der Waals surface area (Å²) in [6, 6.07) is 12.1. The van der Waals surface area contributed by atoms with Crippen molar-refractivity contribution < 1.29 is 0 Å². The number of benzene rings is 1. The second-order valence-electron chi connectivity index (χ2n) is 4.64. The fraction of sp³-hybridized carbons (Fsp3) is 0.333. The van der Waals surface area contributed by atoms with E-state index in [9.17, 15) is 4.79 Å². The summed E-state index contributed by atoms with van der Waals surface area (Å²) in [7, 11) is 0. The second-order valence-corrected chi connectivity index (χ2v) is 4.64. The van der Waals surface area contributed by atoms with Gasteiger partial charge < -0.3 is 5.32 Å². The van der Waals surface area contributed by atoms with Crippen molar-refractivity contribution in [3.8, 4) is 0 Å². The summed E-state index contributed by atoms with van der Waals surface area (Å²) in [5.41, 5.74) is 2.81. The van der Waals surface area contributed by atoms with Crippen molar-refractivity contribution in [1.29, 1.82) is 0 Å². The van der Waals surface area contributed by atoms with Crippen molar-refractivity contribution >= 4 is 0 Å². The maximum Gasteiger partial charge on any atom is 0.347 e. The van der Waals surface area contributed by atoms with Crippen LogP contribution in [0.4, 0.5) is 0 Å². The monoisotopic (exact) mass is 257 g/mol. The minimum absolute atomic E-state index is 0.168. The summed E-state index contributed by atoms with van der Waals surface area (Å²) < 4.78 is 1.70. The second kappa shape index (κ2) is 6.29. The van der Waals surface area contributed by atoms with Crippen LogP contribution in [0.5, 0.6) is 0 Å². The van der Waals surface area contributed by atoms with Crippen molar-refractivity contribution in [2.24, 2.45) is 0 Å². The Morgan fingerprint density at radius 3 is 2.63 bits per heavy atom. The zero-order valence-electron chi connectivity index (χ0n) is 11.4. The fourth-order valence-corrected chi connectivity index (χ4v) is 2.07. The molecule has 0 bridgehead atoms. The first-order valence-electron chi connectivity index (χ1n) is 6.46. The van der Waals surface area contributed by atoms with Crippen molar-refractivity contribution in [3.05, 3.63) is 63.8 Å². The Morgan fingerprint density at radius 1 is 1.21 bits per heavy atom. The molecule has 0 radical (unpaired) electrons. The molecule has 0 aliphatic heterocycles. The van der Waals surface area contributed by atoms with Gasteiger partial charge in [-0.15, -0.1) is 0 Å². The molecule has 0 atom stereocenters. The molecule has 4 heteroatoms. The molecule has 1 aromatic carbocycles. The van der Waals surface area contributed by atoms with E-state index in [1.54, 1.807) is 4.57 Å². The van der Waals surface area contributed by atoms with Crippen LogP contribution in [0.3, 0.4) is 0 Å². The van der Waals surface area contributed by atoms with E-state index < -0.39 is 0 Å². The van der Waals surface area contributed by atoms with E-state index in [-0.39, 0.29) is 5.69 Å². The standard InChI is InChI=1S/C15H19N3O/c1-12-10-13(2)18(15(19)17-12)9-8-16-11-14-6-4-3-5-7-14/h3-7,10,16H,8-9,11H2,1-2H3. The predicted molar refractivity (Wildman–Crippen MR) is 76.1 cm³/mol. The molecule has 1 heterocycles. The van der Waals surface area contributed by atoms with Gasteiger partial charge in [0.15, 0.2) is 0 Å². The van der Waals surface area contributed by atoms with Gasteiger partial charge in [-0.3, -0.25) is 4.57 Å². The summed E-state index contributed by atoms with van der Waals surface area (Å²) in [4.78, 5) is 15.7. The molecule has 0 aliphatic rings. The minimum Gasteiger partial charge on any atom is -0.311 e. The van der Waals surface area contributed by atoms with Gasteiger partial charge in [0.05, 0.1) is 0 Å². The molecule has 0 fully saturated rings. The number of rotatable bonds is 5. The maximum atomic E-state index is 11.7. The van der Waals surface area contributed by atoms with Gasteiger partial charge >= 0.3 is 5.69 Å². The Kier molecular flexibility index (Phi) is 4.47. The molecule has 100 valence electrons. The van der Waals surface area contributed by atoms with E-state index >= 15 is 0 Å². The molecule has 0 saturated heterocycles. The highest BCUT2D eigenvalue weighted by atomic mass is 16.1. The summed E-state index contributed by atoms with van der Waals surface area (Å²) in [5.74, 6) is 0. The topological polar surface area (TPSA) is 46.9 Å². The number of aromatic nitrogens is 2. The molecule has 19 heavy (non-hydrogen) atoms. The lowest BCUT2D eigenvalue weighted by Gasteiger charge is -2.10. The summed E-state index contributed by atoms with van der Waals surface area (Å²) >= 11 is 0. The number of nitrogens with one attached hydrogen (secondary N) is 1. The molecule has 0 aliphatic carbocycles. The third-order valence-electron chi connectivity index (χ3n) is 3.03. The SMILES string of the molecule is Cc1cc(C)n(CCNCc2ccccc2)c(=O)n1. The smallest absolute Gasteiger partial charge is 0.311 e. The van der Waals surface area contributed by atoms with Gasteiger partial charge in [-0.2, -0.15) is 4.98 Å². The molecule has 1 aromatic heterocycles. The van der Waals surface area contributed by atoms with Gasteiger partial charge in [-0.1, -0.05) is 30.3 Å². The van der Waals surface area contributed by atoms with Crippen LogP contribution in [0, 0.1) is 13.8 Å². The minimum atomic E-state index is -0.168. The molecule has 2 rings (SSSR count). The lowest BCUT2D eigenvalue weighted by Crippen LogP contribution is -2.30. The Bertz CT molecular complexity index is 590. The van der Waals surface area contributed by atoms with Gasteiger partial charge in [-0.05, 0) is 25.5 Å². The van der Waals surface area contributed by atoms with Crippen molar-refractivity contribution in [2.45, 2.75) is 26.9 Å². The molecule has 0 saturated carbocycles. The normalized spacial score (nSPS) is 10.6. The average molecular weight is 257 g/mol. The van der Waals surface area contributed by atoms with Crippen LogP contribution in [-0.2, 0) is 13.1 Å².